The standard InChI is InChI=1S/C18H25N7O2/c1-12-13(2)20-16(21-17(12)24-7-9-27-10-8-24)14-3-5-25(6-4-14)18(26)15-11-19-23-22-15/h11,14H,3-10H2,1-2H3,(H,19,22,23). The number of carbonyl (C=O) groups is 1. The van der Waals surface area contributed by atoms with Crippen LogP contribution in [0.4, 0.5) is 5.82 Å². The van der Waals surface area contributed by atoms with E-state index in [9.17, 15) is 4.79 Å². The van der Waals surface area contributed by atoms with E-state index in [2.05, 4.69) is 27.2 Å². The summed E-state index contributed by atoms with van der Waals surface area (Å²) in [7, 11) is 0. The predicted molar refractivity (Wildman–Crippen MR) is 98.8 cm³/mol. The largest absolute Gasteiger partial charge is 0.378 e. The van der Waals surface area contributed by atoms with Crippen molar-refractivity contribution in [2.24, 2.45) is 0 Å². The van der Waals surface area contributed by atoms with Crippen molar-refractivity contribution in [3.8, 4) is 0 Å². The fraction of sp³-hybridized carbons (Fsp3) is 0.611. The van der Waals surface area contributed by atoms with Gasteiger partial charge in [-0.2, -0.15) is 15.4 Å². The molecule has 0 bridgehead atoms. The van der Waals surface area contributed by atoms with Crippen molar-refractivity contribution in [1.29, 1.82) is 0 Å². The molecule has 0 saturated carbocycles. The van der Waals surface area contributed by atoms with E-state index in [1.807, 2.05) is 11.8 Å². The number of amides is 1. The lowest BCUT2D eigenvalue weighted by molar-refractivity contribution is 0.0705. The molecule has 2 saturated heterocycles. The van der Waals surface area contributed by atoms with Crippen LogP contribution < -0.4 is 4.90 Å². The summed E-state index contributed by atoms with van der Waals surface area (Å²) in [4.78, 5) is 26.2. The Morgan fingerprint density at radius 1 is 1.15 bits per heavy atom. The Bertz CT molecular complexity index is 794. The summed E-state index contributed by atoms with van der Waals surface area (Å²) in [6.07, 6.45) is 3.18. The van der Waals surface area contributed by atoms with E-state index in [4.69, 9.17) is 14.7 Å². The van der Waals surface area contributed by atoms with Crippen molar-refractivity contribution < 1.29 is 9.53 Å². The average molecular weight is 371 g/mol. The number of nitrogens with zero attached hydrogens (tertiary/aromatic N) is 6. The number of hydrogen-bond donors (Lipinski definition) is 1. The minimum absolute atomic E-state index is 0.0720. The predicted octanol–water partition coefficient (Wildman–Crippen LogP) is 1.07. The molecule has 0 radical (unpaired) electrons. The Morgan fingerprint density at radius 2 is 1.89 bits per heavy atom. The fourth-order valence-corrected chi connectivity index (χ4v) is 3.71. The van der Waals surface area contributed by atoms with Crippen molar-refractivity contribution in [3.05, 3.63) is 29.0 Å². The summed E-state index contributed by atoms with van der Waals surface area (Å²) in [5, 5.41) is 10.1. The normalized spacial score (nSPS) is 18.7. The van der Waals surface area contributed by atoms with Crippen LogP contribution in [0.2, 0.25) is 0 Å². The first-order valence-electron chi connectivity index (χ1n) is 9.46. The first-order chi connectivity index (χ1) is 13.1. The third kappa shape index (κ3) is 3.64. The molecule has 1 amide bonds. The van der Waals surface area contributed by atoms with Crippen LogP contribution in [0.3, 0.4) is 0 Å². The summed E-state index contributed by atoms with van der Waals surface area (Å²) >= 11 is 0. The second kappa shape index (κ2) is 7.59. The van der Waals surface area contributed by atoms with Crippen LogP contribution >= 0.6 is 0 Å². The first-order valence-corrected chi connectivity index (χ1v) is 9.46. The molecule has 0 aliphatic carbocycles. The topological polar surface area (TPSA) is 100 Å². The zero-order valence-electron chi connectivity index (χ0n) is 15.8. The molecule has 2 aliphatic rings. The van der Waals surface area contributed by atoms with E-state index in [1.54, 1.807) is 0 Å². The minimum Gasteiger partial charge on any atom is -0.378 e. The van der Waals surface area contributed by atoms with Gasteiger partial charge in [-0.25, -0.2) is 9.97 Å². The Morgan fingerprint density at radius 3 is 2.56 bits per heavy atom. The van der Waals surface area contributed by atoms with Gasteiger partial charge in [-0.05, 0) is 26.7 Å². The molecule has 9 nitrogen and oxygen atoms in total. The second-order valence-electron chi connectivity index (χ2n) is 7.14. The Kier molecular flexibility index (Phi) is 5.02. The van der Waals surface area contributed by atoms with Gasteiger partial charge in [0, 0.05) is 43.4 Å². The third-order valence-electron chi connectivity index (χ3n) is 5.47. The van der Waals surface area contributed by atoms with Gasteiger partial charge >= 0.3 is 0 Å². The number of aromatic amines is 1. The summed E-state index contributed by atoms with van der Waals surface area (Å²) in [5.41, 5.74) is 2.53. The zero-order valence-corrected chi connectivity index (χ0v) is 15.8. The van der Waals surface area contributed by atoms with Gasteiger partial charge in [-0.1, -0.05) is 0 Å². The van der Waals surface area contributed by atoms with E-state index in [0.29, 0.717) is 18.8 Å². The summed E-state index contributed by atoms with van der Waals surface area (Å²) < 4.78 is 5.47. The van der Waals surface area contributed by atoms with Crippen LogP contribution in [0.25, 0.3) is 0 Å². The van der Waals surface area contributed by atoms with Gasteiger partial charge in [0.05, 0.1) is 19.4 Å². The van der Waals surface area contributed by atoms with Crippen LogP contribution in [-0.2, 0) is 4.74 Å². The molecule has 2 aliphatic heterocycles. The summed E-state index contributed by atoms with van der Waals surface area (Å²) in [6.45, 7) is 8.69. The van der Waals surface area contributed by atoms with Gasteiger partial charge in [-0.15, -0.1) is 0 Å². The highest BCUT2D eigenvalue weighted by Gasteiger charge is 2.28. The van der Waals surface area contributed by atoms with Crippen LogP contribution in [0, 0.1) is 13.8 Å². The number of aromatic nitrogens is 5. The minimum atomic E-state index is -0.0720. The van der Waals surface area contributed by atoms with Crippen molar-refractivity contribution in [2.45, 2.75) is 32.6 Å². The van der Waals surface area contributed by atoms with Crippen molar-refractivity contribution >= 4 is 11.7 Å². The quantitative estimate of drug-likeness (QED) is 0.861. The van der Waals surface area contributed by atoms with Crippen LogP contribution in [0.5, 0.6) is 0 Å². The fourth-order valence-electron chi connectivity index (χ4n) is 3.71. The monoisotopic (exact) mass is 371 g/mol. The van der Waals surface area contributed by atoms with Gasteiger partial charge in [-0.3, -0.25) is 4.79 Å². The van der Waals surface area contributed by atoms with E-state index >= 15 is 0 Å². The van der Waals surface area contributed by atoms with Crippen molar-refractivity contribution in [3.63, 3.8) is 0 Å². The van der Waals surface area contributed by atoms with E-state index in [-0.39, 0.29) is 11.8 Å². The second-order valence-corrected chi connectivity index (χ2v) is 7.14. The van der Waals surface area contributed by atoms with Gasteiger partial charge in [0.2, 0.25) is 0 Å². The molecule has 2 aromatic rings. The summed E-state index contributed by atoms with van der Waals surface area (Å²) in [6, 6.07) is 0. The highest BCUT2D eigenvalue weighted by atomic mass is 16.5. The Balaban J connectivity index is 1.48. The lowest BCUT2D eigenvalue weighted by Crippen LogP contribution is -2.39. The first kappa shape index (κ1) is 17.8. The molecule has 0 spiro atoms. The molecular weight excluding hydrogens is 346 g/mol. The van der Waals surface area contributed by atoms with Gasteiger partial charge in [0.25, 0.3) is 5.91 Å². The number of ether oxygens (including phenoxy) is 1. The smallest absolute Gasteiger partial charge is 0.276 e. The molecule has 0 unspecified atom stereocenters. The highest BCUT2D eigenvalue weighted by molar-refractivity contribution is 5.91. The molecule has 9 heteroatoms. The lowest BCUT2D eigenvalue weighted by Gasteiger charge is -2.33. The molecule has 27 heavy (non-hydrogen) atoms. The molecule has 4 rings (SSSR count). The zero-order chi connectivity index (χ0) is 18.8. The Labute approximate surface area is 158 Å². The van der Waals surface area contributed by atoms with Crippen LogP contribution in [0.1, 0.15) is 46.3 Å². The number of hydrogen-bond acceptors (Lipinski definition) is 7. The Hall–Kier alpha value is -2.55. The average Bonchev–Trinajstić information content (AvgIpc) is 3.25. The molecule has 0 atom stereocenters. The third-order valence-corrected chi connectivity index (χ3v) is 5.47. The number of anilines is 1. The molecule has 2 fully saturated rings. The molecule has 2 aromatic heterocycles. The number of morpholine rings is 1. The summed E-state index contributed by atoms with van der Waals surface area (Å²) in [5.74, 6) is 2.12. The van der Waals surface area contributed by atoms with Crippen molar-refractivity contribution in [1.82, 2.24) is 30.3 Å². The molecular formula is C18H25N7O2. The van der Waals surface area contributed by atoms with E-state index in [0.717, 1.165) is 62.0 Å². The lowest BCUT2D eigenvalue weighted by atomic mass is 9.95. The number of nitrogens with one attached hydrogen (secondary N) is 1. The maximum Gasteiger partial charge on any atom is 0.276 e. The van der Waals surface area contributed by atoms with Gasteiger partial charge < -0.3 is 14.5 Å². The van der Waals surface area contributed by atoms with Gasteiger partial charge in [0.15, 0.2) is 5.69 Å². The van der Waals surface area contributed by atoms with E-state index in [1.165, 1.54) is 6.20 Å². The molecule has 1 N–H and O–H groups in total. The van der Waals surface area contributed by atoms with Gasteiger partial charge in [0.1, 0.15) is 11.6 Å². The van der Waals surface area contributed by atoms with Crippen LogP contribution in [-0.4, -0.2) is 75.6 Å². The molecule has 0 aromatic carbocycles. The number of piperidine rings is 1. The number of rotatable bonds is 3. The highest BCUT2D eigenvalue weighted by Crippen LogP contribution is 2.29. The number of likely N-dealkylation sites (tertiary alicyclic amines) is 1. The molecule has 144 valence electrons. The van der Waals surface area contributed by atoms with Crippen molar-refractivity contribution in [2.75, 3.05) is 44.3 Å². The number of H-pyrrole nitrogens is 1. The molecule has 4 heterocycles. The number of carbonyl (C=O) groups excluding carboxylic acids is 1. The maximum atomic E-state index is 12.4. The van der Waals surface area contributed by atoms with Crippen LogP contribution in [0.15, 0.2) is 6.20 Å². The maximum absolute atomic E-state index is 12.4. The van der Waals surface area contributed by atoms with E-state index < -0.39 is 0 Å². The number of aryl methyl sites for hydroxylation is 1. The SMILES string of the molecule is Cc1nc(C2CCN(C(=O)c3cn[nH]n3)CC2)nc(N2CCOCC2)c1C.